The van der Waals surface area contributed by atoms with Gasteiger partial charge in [-0.3, -0.25) is 4.79 Å². The molecule has 0 aliphatic rings. The number of aryl methyl sites for hydroxylation is 1. The molecule has 0 saturated carbocycles. The number of hydrogen-bond acceptors (Lipinski definition) is 4. The fourth-order valence-electron chi connectivity index (χ4n) is 2.38. The van der Waals surface area contributed by atoms with Crippen LogP contribution in [0.5, 0.6) is 11.6 Å². The molecule has 2 aromatic heterocycles. The van der Waals surface area contributed by atoms with Crippen molar-refractivity contribution in [2.24, 2.45) is 7.05 Å². The van der Waals surface area contributed by atoms with Gasteiger partial charge in [-0.15, -0.1) is 0 Å². The molecule has 1 N–H and O–H groups in total. The first kappa shape index (κ1) is 14.9. The molecular weight excluding hydrogens is 294 g/mol. The number of nitrogens with zero attached hydrogens (tertiary/aromatic N) is 2. The van der Waals surface area contributed by atoms with Crippen LogP contribution in [-0.4, -0.2) is 29.2 Å². The molecule has 6 nitrogen and oxygen atoms in total. The highest BCUT2D eigenvalue weighted by molar-refractivity contribution is 5.93. The number of aromatic nitrogens is 2. The van der Waals surface area contributed by atoms with E-state index in [1.54, 1.807) is 18.3 Å². The van der Waals surface area contributed by atoms with Gasteiger partial charge in [0, 0.05) is 24.8 Å². The second-order valence-electron chi connectivity index (χ2n) is 5.01. The van der Waals surface area contributed by atoms with Gasteiger partial charge in [0.05, 0.1) is 12.6 Å². The van der Waals surface area contributed by atoms with Crippen LogP contribution in [0.15, 0.2) is 48.8 Å². The maximum atomic E-state index is 12.1. The second kappa shape index (κ2) is 6.39. The number of hydrogen-bond donors (Lipinski definition) is 1. The van der Waals surface area contributed by atoms with E-state index >= 15 is 0 Å². The Kier molecular flexibility index (Phi) is 4.14. The van der Waals surface area contributed by atoms with Crippen molar-refractivity contribution in [3.63, 3.8) is 0 Å². The summed E-state index contributed by atoms with van der Waals surface area (Å²) in [6, 6.07) is 11.2. The molecule has 0 bridgehead atoms. The van der Waals surface area contributed by atoms with E-state index in [0.717, 1.165) is 10.9 Å². The third-order valence-corrected chi connectivity index (χ3v) is 3.49. The highest BCUT2D eigenvalue weighted by Gasteiger charge is 2.10. The van der Waals surface area contributed by atoms with Crippen LogP contribution in [0.1, 0.15) is 0 Å². The monoisotopic (exact) mass is 311 g/mol. The number of carbonyl (C=O) groups excluding carboxylic acids is 1. The Morgan fingerprint density at radius 2 is 2.13 bits per heavy atom. The number of amides is 1. The van der Waals surface area contributed by atoms with Gasteiger partial charge in [-0.1, -0.05) is 6.07 Å². The number of pyridine rings is 1. The maximum Gasteiger partial charge on any atom is 0.262 e. The van der Waals surface area contributed by atoms with Crippen molar-refractivity contribution >= 4 is 22.5 Å². The van der Waals surface area contributed by atoms with E-state index < -0.39 is 0 Å². The Morgan fingerprint density at radius 1 is 1.26 bits per heavy atom. The zero-order valence-electron chi connectivity index (χ0n) is 12.9. The first-order valence-electron chi connectivity index (χ1n) is 7.15. The quantitative estimate of drug-likeness (QED) is 0.786. The molecule has 1 aromatic carbocycles. The summed E-state index contributed by atoms with van der Waals surface area (Å²) in [4.78, 5) is 16.1. The molecule has 0 saturated heterocycles. The van der Waals surface area contributed by atoms with E-state index in [9.17, 15) is 4.79 Å². The van der Waals surface area contributed by atoms with E-state index in [4.69, 9.17) is 9.47 Å². The van der Waals surface area contributed by atoms with E-state index in [-0.39, 0.29) is 12.5 Å². The smallest absolute Gasteiger partial charge is 0.262 e. The lowest BCUT2D eigenvalue weighted by atomic mass is 10.2. The van der Waals surface area contributed by atoms with Gasteiger partial charge in [0.25, 0.3) is 5.91 Å². The van der Waals surface area contributed by atoms with Crippen LogP contribution in [0.4, 0.5) is 5.69 Å². The molecule has 0 fully saturated rings. The molecule has 118 valence electrons. The summed E-state index contributed by atoms with van der Waals surface area (Å²) in [5.41, 5.74) is 1.57. The molecule has 0 spiro atoms. The average molecular weight is 311 g/mol. The third-order valence-electron chi connectivity index (χ3n) is 3.49. The van der Waals surface area contributed by atoms with Gasteiger partial charge in [-0.25, -0.2) is 4.98 Å². The zero-order valence-corrected chi connectivity index (χ0v) is 12.9. The van der Waals surface area contributed by atoms with E-state index in [1.165, 1.54) is 7.11 Å². The van der Waals surface area contributed by atoms with Crippen molar-refractivity contribution < 1.29 is 14.3 Å². The summed E-state index contributed by atoms with van der Waals surface area (Å²) >= 11 is 0. The van der Waals surface area contributed by atoms with Crippen LogP contribution in [0, 0.1) is 0 Å². The first-order chi connectivity index (χ1) is 11.2. The fraction of sp³-hybridized carbons (Fsp3) is 0.176. The second-order valence-corrected chi connectivity index (χ2v) is 5.01. The van der Waals surface area contributed by atoms with Gasteiger partial charge in [0.15, 0.2) is 6.61 Å². The highest BCUT2D eigenvalue weighted by atomic mass is 16.5. The number of carbonyl (C=O) groups is 1. The van der Waals surface area contributed by atoms with Gasteiger partial charge in [-0.2, -0.15) is 0 Å². The van der Waals surface area contributed by atoms with Crippen LogP contribution in [0.2, 0.25) is 0 Å². The molecule has 6 heteroatoms. The topological polar surface area (TPSA) is 65.4 Å². The summed E-state index contributed by atoms with van der Waals surface area (Å²) in [6.07, 6.45) is 3.55. The summed E-state index contributed by atoms with van der Waals surface area (Å²) in [5, 5.41) is 3.70. The molecule has 0 radical (unpaired) electrons. The molecular formula is C17H17N3O3. The van der Waals surface area contributed by atoms with Gasteiger partial charge in [0.1, 0.15) is 11.4 Å². The molecule has 0 unspecified atom stereocenters. The summed E-state index contributed by atoms with van der Waals surface area (Å²) in [7, 11) is 3.47. The Balaban J connectivity index is 1.69. The summed E-state index contributed by atoms with van der Waals surface area (Å²) in [6.45, 7) is -0.0912. The lowest BCUT2D eigenvalue weighted by Crippen LogP contribution is -2.20. The van der Waals surface area contributed by atoms with Crippen molar-refractivity contribution in [2.75, 3.05) is 19.0 Å². The number of fused-ring (bicyclic) bond motifs is 1. The Morgan fingerprint density at radius 3 is 2.96 bits per heavy atom. The molecule has 2 heterocycles. The van der Waals surface area contributed by atoms with Gasteiger partial charge < -0.3 is 19.4 Å². The van der Waals surface area contributed by atoms with Crippen LogP contribution in [0.25, 0.3) is 10.9 Å². The van der Waals surface area contributed by atoms with E-state index in [1.807, 2.05) is 42.1 Å². The molecule has 0 aliphatic heterocycles. The molecule has 3 aromatic rings. The van der Waals surface area contributed by atoms with Crippen LogP contribution < -0.4 is 14.8 Å². The Bertz CT molecular complexity index is 842. The predicted molar refractivity (Wildman–Crippen MR) is 87.8 cm³/mol. The van der Waals surface area contributed by atoms with Crippen LogP contribution in [-0.2, 0) is 11.8 Å². The molecule has 1 amide bonds. The fourth-order valence-corrected chi connectivity index (χ4v) is 2.38. The minimum absolute atomic E-state index is 0.0912. The molecule has 3 rings (SSSR count). The normalized spacial score (nSPS) is 10.5. The number of anilines is 1. The van der Waals surface area contributed by atoms with Crippen molar-refractivity contribution in [1.29, 1.82) is 0 Å². The summed E-state index contributed by atoms with van der Waals surface area (Å²) in [5.74, 6) is 0.770. The minimum atomic E-state index is -0.274. The lowest BCUT2D eigenvalue weighted by Gasteiger charge is -2.10. The maximum absolute atomic E-state index is 12.1. The number of ether oxygens (including phenoxy) is 2. The van der Waals surface area contributed by atoms with Crippen molar-refractivity contribution in [1.82, 2.24) is 9.55 Å². The lowest BCUT2D eigenvalue weighted by molar-refractivity contribution is -0.118. The van der Waals surface area contributed by atoms with Crippen LogP contribution in [0.3, 0.4) is 0 Å². The summed E-state index contributed by atoms with van der Waals surface area (Å²) < 4.78 is 12.8. The van der Waals surface area contributed by atoms with Gasteiger partial charge in [-0.05, 0) is 30.3 Å². The van der Waals surface area contributed by atoms with Crippen LogP contribution >= 0.6 is 0 Å². The minimum Gasteiger partial charge on any atom is -0.483 e. The zero-order chi connectivity index (χ0) is 16.2. The SMILES string of the molecule is COc1ncccc1NC(=O)COc1cccc2c1ccn2C. The Hall–Kier alpha value is -3.02. The van der Waals surface area contributed by atoms with E-state index in [2.05, 4.69) is 10.3 Å². The van der Waals surface area contributed by atoms with Gasteiger partial charge in [0.2, 0.25) is 5.88 Å². The Labute approximate surface area is 133 Å². The molecule has 0 aliphatic carbocycles. The van der Waals surface area contributed by atoms with Crippen molar-refractivity contribution in [2.45, 2.75) is 0 Å². The number of rotatable bonds is 5. The van der Waals surface area contributed by atoms with Gasteiger partial charge >= 0.3 is 0 Å². The third kappa shape index (κ3) is 3.11. The first-order valence-corrected chi connectivity index (χ1v) is 7.15. The van der Waals surface area contributed by atoms with Crippen molar-refractivity contribution in [3.8, 4) is 11.6 Å². The average Bonchev–Trinajstić information content (AvgIpc) is 2.95. The largest absolute Gasteiger partial charge is 0.483 e. The molecule has 23 heavy (non-hydrogen) atoms. The highest BCUT2D eigenvalue weighted by Crippen LogP contribution is 2.26. The predicted octanol–water partition coefficient (Wildman–Crippen LogP) is 2.60. The number of nitrogens with one attached hydrogen (secondary N) is 1. The standard InChI is InChI=1S/C17H17N3O3/c1-20-10-8-12-14(20)6-3-7-15(12)23-11-16(21)19-13-5-4-9-18-17(13)22-2/h3-10H,11H2,1-2H3,(H,19,21). The number of benzene rings is 1. The van der Waals surface area contributed by atoms with E-state index in [0.29, 0.717) is 17.3 Å². The van der Waals surface area contributed by atoms with Crippen molar-refractivity contribution in [3.05, 3.63) is 48.8 Å². The number of methoxy groups -OCH3 is 1. The molecule has 0 atom stereocenters.